The number of halogens is 1. The van der Waals surface area contributed by atoms with E-state index in [4.69, 9.17) is 21.1 Å². The second-order valence-electron chi connectivity index (χ2n) is 4.26. The van der Waals surface area contributed by atoms with Gasteiger partial charge in [-0.25, -0.2) is 4.98 Å². The van der Waals surface area contributed by atoms with Gasteiger partial charge in [-0.05, 0) is 30.7 Å². The van der Waals surface area contributed by atoms with Crippen LogP contribution in [0.5, 0.6) is 0 Å². The molecule has 5 heteroatoms. The summed E-state index contributed by atoms with van der Waals surface area (Å²) >= 11 is 7.58. The minimum atomic E-state index is 0.218. The molecular weight excluding hydrogens is 282 g/mol. The molecule has 0 bridgehead atoms. The summed E-state index contributed by atoms with van der Waals surface area (Å²) in [4.78, 5) is 4.26. The van der Waals surface area contributed by atoms with Crippen molar-refractivity contribution in [1.82, 2.24) is 4.98 Å². The summed E-state index contributed by atoms with van der Waals surface area (Å²) in [5, 5.41) is 9.95. The number of hydrogen-bond donors (Lipinski definition) is 1. The van der Waals surface area contributed by atoms with Crippen LogP contribution < -0.4 is 0 Å². The Morgan fingerprint density at radius 3 is 2.79 bits per heavy atom. The molecule has 1 unspecified atom stereocenters. The van der Waals surface area contributed by atoms with Gasteiger partial charge >= 0.3 is 0 Å². The second kappa shape index (κ2) is 6.98. The highest BCUT2D eigenvalue weighted by atomic mass is 35.5. The summed E-state index contributed by atoms with van der Waals surface area (Å²) in [7, 11) is 0. The zero-order valence-electron chi connectivity index (χ0n) is 10.7. The van der Waals surface area contributed by atoms with Crippen molar-refractivity contribution in [2.24, 2.45) is 0 Å². The molecule has 0 aliphatic rings. The van der Waals surface area contributed by atoms with E-state index in [9.17, 15) is 0 Å². The first-order valence-corrected chi connectivity index (χ1v) is 7.55. The summed E-state index contributed by atoms with van der Waals surface area (Å²) in [5.41, 5.74) is 0.969. The molecule has 0 fully saturated rings. The first-order chi connectivity index (χ1) is 9.19. The fourth-order valence-electron chi connectivity index (χ4n) is 1.60. The van der Waals surface area contributed by atoms with Gasteiger partial charge in [0.05, 0.1) is 11.9 Å². The van der Waals surface area contributed by atoms with E-state index >= 15 is 0 Å². The number of aromatic nitrogens is 1. The monoisotopic (exact) mass is 297 g/mol. The zero-order chi connectivity index (χ0) is 13.7. The van der Waals surface area contributed by atoms with Crippen LogP contribution in [0.25, 0.3) is 11.3 Å². The maximum Gasteiger partial charge on any atom is 0.204 e. The maximum atomic E-state index is 8.85. The van der Waals surface area contributed by atoms with Crippen molar-refractivity contribution in [2.75, 3.05) is 6.61 Å². The molecule has 0 aliphatic heterocycles. The van der Waals surface area contributed by atoms with Gasteiger partial charge in [-0.1, -0.05) is 18.5 Å². The molecule has 0 spiro atoms. The van der Waals surface area contributed by atoms with Crippen LogP contribution in [0.2, 0.25) is 5.02 Å². The standard InChI is InChI=1S/C14H16ClNO2S/c1-10(6-7-17)19-9-14-16-8-13(18-14)11-2-4-12(15)5-3-11/h2-5,8,10,17H,6-7,9H2,1H3. The average molecular weight is 298 g/mol. The van der Waals surface area contributed by atoms with E-state index < -0.39 is 0 Å². The maximum absolute atomic E-state index is 8.85. The van der Waals surface area contributed by atoms with E-state index in [-0.39, 0.29) is 6.61 Å². The zero-order valence-corrected chi connectivity index (χ0v) is 12.2. The van der Waals surface area contributed by atoms with Gasteiger partial charge in [0.25, 0.3) is 0 Å². The third kappa shape index (κ3) is 4.27. The highest BCUT2D eigenvalue weighted by molar-refractivity contribution is 7.99. The third-order valence-corrected chi connectivity index (χ3v) is 4.18. The predicted molar refractivity (Wildman–Crippen MR) is 79.4 cm³/mol. The Bertz CT molecular complexity index is 512. The second-order valence-corrected chi connectivity index (χ2v) is 6.12. The van der Waals surface area contributed by atoms with Crippen LogP contribution in [0.3, 0.4) is 0 Å². The number of hydrogen-bond acceptors (Lipinski definition) is 4. The molecule has 102 valence electrons. The Balaban J connectivity index is 1.97. The first kappa shape index (κ1) is 14.4. The van der Waals surface area contributed by atoms with E-state index in [0.717, 1.165) is 23.5 Å². The Hall–Kier alpha value is -0.970. The predicted octanol–water partition coefficient (Wildman–Crippen LogP) is 4.00. The van der Waals surface area contributed by atoms with Crippen molar-refractivity contribution < 1.29 is 9.52 Å². The van der Waals surface area contributed by atoms with Gasteiger partial charge < -0.3 is 9.52 Å². The van der Waals surface area contributed by atoms with Crippen LogP contribution in [0.15, 0.2) is 34.9 Å². The normalized spacial score (nSPS) is 12.6. The number of nitrogens with zero attached hydrogens (tertiary/aromatic N) is 1. The molecule has 0 radical (unpaired) electrons. The van der Waals surface area contributed by atoms with Crippen LogP contribution in [-0.2, 0) is 5.75 Å². The molecule has 1 N–H and O–H groups in total. The third-order valence-electron chi connectivity index (χ3n) is 2.71. The van der Waals surface area contributed by atoms with E-state index in [1.54, 1.807) is 18.0 Å². The number of oxazole rings is 1. The van der Waals surface area contributed by atoms with Gasteiger partial charge in [0, 0.05) is 22.4 Å². The van der Waals surface area contributed by atoms with Crippen molar-refractivity contribution in [3.8, 4) is 11.3 Å². The molecule has 1 atom stereocenters. The highest BCUT2D eigenvalue weighted by Gasteiger charge is 2.08. The molecule has 2 aromatic rings. The Labute approximate surface area is 122 Å². The molecule has 3 nitrogen and oxygen atoms in total. The lowest BCUT2D eigenvalue weighted by Crippen LogP contribution is -1.99. The number of aliphatic hydroxyl groups is 1. The van der Waals surface area contributed by atoms with Crippen molar-refractivity contribution in [3.05, 3.63) is 41.4 Å². The van der Waals surface area contributed by atoms with Crippen LogP contribution in [0.1, 0.15) is 19.2 Å². The minimum Gasteiger partial charge on any atom is -0.440 e. The molecular formula is C14H16ClNO2S. The lowest BCUT2D eigenvalue weighted by Gasteiger charge is -2.06. The topological polar surface area (TPSA) is 46.3 Å². The minimum absolute atomic E-state index is 0.218. The molecule has 0 amide bonds. The number of benzene rings is 1. The van der Waals surface area contributed by atoms with Crippen molar-refractivity contribution in [3.63, 3.8) is 0 Å². The van der Waals surface area contributed by atoms with Crippen molar-refractivity contribution in [1.29, 1.82) is 0 Å². The SMILES string of the molecule is CC(CCO)SCc1ncc(-c2ccc(Cl)cc2)o1. The number of rotatable bonds is 6. The molecule has 19 heavy (non-hydrogen) atoms. The molecule has 0 aliphatic carbocycles. The summed E-state index contributed by atoms with van der Waals surface area (Å²) in [6.07, 6.45) is 2.52. The molecule has 2 rings (SSSR count). The summed E-state index contributed by atoms with van der Waals surface area (Å²) in [6, 6.07) is 7.48. The van der Waals surface area contributed by atoms with Crippen LogP contribution in [-0.4, -0.2) is 21.9 Å². The Morgan fingerprint density at radius 1 is 1.37 bits per heavy atom. The number of thioether (sulfide) groups is 1. The van der Waals surface area contributed by atoms with Gasteiger partial charge in [0.15, 0.2) is 5.76 Å². The molecule has 1 heterocycles. The Morgan fingerprint density at radius 2 is 2.11 bits per heavy atom. The van der Waals surface area contributed by atoms with Gasteiger partial charge in [-0.3, -0.25) is 0 Å². The van der Waals surface area contributed by atoms with Gasteiger partial charge in [0.1, 0.15) is 0 Å². The van der Waals surface area contributed by atoms with Gasteiger partial charge in [0.2, 0.25) is 5.89 Å². The first-order valence-electron chi connectivity index (χ1n) is 6.12. The lowest BCUT2D eigenvalue weighted by molar-refractivity contribution is 0.289. The number of aliphatic hydroxyl groups excluding tert-OH is 1. The molecule has 0 saturated carbocycles. The highest BCUT2D eigenvalue weighted by Crippen LogP contribution is 2.25. The van der Waals surface area contributed by atoms with Crippen LogP contribution in [0.4, 0.5) is 0 Å². The van der Waals surface area contributed by atoms with E-state index in [2.05, 4.69) is 11.9 Å². The van der Waals surface area contributed by atoms with Crippen molar-refractivity contribution >= 4 is 23.4 Å². The van der Waals surface area contributed by atoms with E-state index in [0.29, 0.717) is 16.2 Å². The summed E-state index contributed by atoms with van der Waals surface area (Å²) in [5.74, 6) is 2.18. The quantitative estimate of drug-likeness (QED) is 0.875. The molecule has 0 saturated heterocycles. The fourth-order valence-corrected chi connectivity index (χ4v) is 2.56. The van der Waals surface area contributed by atoms with Gasteiger partial charge in [-0.2, -0.15) is 0 Å². The average Bonchev–Trinajstić information content (AvgIpc) is 2.86. The molecule has 1 aromatic heterocycles. The van der Waals surface area contributed by atoms with Gasteiger partial charge in [-0.15, -0.1) is 11.8 Å². The lowest BCUT2D eigenvalue weighted by atomic mass is 10.2. The Kier molecular flexibility index (Phi) is 5.31. The van der Waals surface area contributed by atoms with Crippen LogP contribution >= 0.6 is 23.4 Å². The fraction of sp³-hybridized carbons (Fsp3) is 0.357. The smallest absolute Gasteiger partial charge is 0.204 e. The largest absolute Gasteiger partial charge is 0.440 e. The summed E-state index contributed by atoms with van der Waals surface area (Å²) in [6.45, 7) is 2.31. The summed E-state index contributed by atoms with van der Waals surface area (Å²) < 4.78 is 5.70. The molecule has 1 aromatic carbocycles. The van der Waals surface area contributed by atoms with Crippen LogP contribution in [0, 0.1) is 0 Å². The van der Waals surface area contributed by atoms with E-state index in [1.807, 2.05) is 24.3 Å². The van der Waals surface area contributed by atoms with E-state index in [1.165, 1.54) is 0 Å². The van der Waals surface area contributed by atoms with Crippen molar-refractivity contribution in [2.45, 2.75) is 24.3 Å².